The average Bonchev–Trinajstić information content (AvgIpc) is 2.49. The highest BCUT2D eigenvalue weighted by Gasteiger charge is 2.31. The van der Waals surface area contributed by atoms with Crippen molar-refractivity contribution in [3.8, 4) is 17.0 Å². The zero-order valence-electron chi connectivity index (χ0n) is 13.2. The van der Waals surface area contributed by atoms with Crippen LogP contribution in [0.1, 0.15) is 12.5 Å². The second-order valence-corrected chi connectivity index (χ2v) is 5.66. The maximum atomic E-state index is 12.2. The minimum atomic E-state index is -4.71. The van der Waals surface area contributed by atoms with Gasteiger partial charge in [0.2, 0.25) is 0 Å². The van der Waals surface area contributed by atoms with Crippen LogP contribution in [-0.2, 0) is 0 Å². The van der Waals surface area contributed by atoms with Crippen molar-refractivity contribution in [2.75, 3.05) is 11.9 Å². The number of hydrogen-bond donors (Lipinski definition) is 0. The molecule has 2 rings (SSSR count). The number of aromatic nitrogens is 2. The maximum absolute atomic E-state index is 12.2. The molecule has 0 atom stereocenters. The van der Waals surface area contributed by atoms with E-state index < -0.39 is 6.36 Å². The van der Waals surface area contributed by atoms with Gasteiger partial charge in [0, 0.05) is 24.4 Å². The van der Waals surface area contributed by atoms with E-state index in [2.05, 4.69) is 30.6 Å². The van der Waals surface area contributed by atoms with Crippen molar-refractivity contribution in [3.63, 3.8) is 0 Å². The smallest absolute Gasteiger partial charge is 0.406 e. The van der Waals surface area contributed by atoms with Gasteiger partial charge in [-0.1, -0.05) is 6.08 Å². The maximum Gasteiger partial charge on any atom is 0.573 e. The van der Waals surface area contributed by atoms with Crippen LogP contribution >= 0.6 is 15.9 Å². The molecule has 1 aromatic heterocycles. The van der Waals surface area contributed by atoms with Crippen LogP contribution in [0.4, 0.5) is 19.0 Å². The molecule has 0 amide bonds. The number of alkyl halides is 3. The fourth-order valence-electron chi connectivity index (χ4n) is 2.21. The summed E-state index contributed by atoms with van der Waals surface area (Å²) in [7, 11) is 1.85. The second-order valence-electron chi connectivity index (χ2n) is 4.96. The summed E-state index contributed by atoms with van der Waals surface area (Å²) >= 11 is 3.27. The molecule has 0 aliphatic rings. The van der Waals surface area contributed by atoms with Crippen LogP contribution < -0.4 is 9.64 Å². The van der Waals surface area contributed by atoms with Crippen molar-refractivity contribution in [2.24, 2.45) is 0 Å². The zero-order chi connectivity index (χ0) is 17.9. The quantitative estimate of drug-likeness (QED) is 0.669. The van der Waals surface area contributed by atoms with E-state index in [1.165, 1.54) is 24.3 Å². The Labute approximate surface area is 146 Å². The van der Waals surface area contributed by atoms with Crippen LogP contribution in [0, 0.1) is 6.92 Å². The molecule has 2 aromatic rings. The average molecular weight is 402 g/mol. The first kappa shape index (κ1) is 18.3. The van der Waals surface area contributed by atoms with Crippen LogP contribution in [0.25, 0.3) is 11.3 Å². The molecule has 0 spiro atoms. The van der Waals surface area contributed by atoms with Gasteiger partial charge in [0.1, 0.15) is 11.6 Å². The van der Waals surface area contributed by atoms with Gasteiger partial charge in [0.25, 0.3) is 0 Å². The van der Waals surface area contributed by atoms with Gasteiger partial charge in [-0.05, 0) is 54.0 Å². The first-order chi connectivity index (χ1) is 11.2. The van der Waals surface area contributed by atoms with E-state index >= 15 is 0 Å². The Hall–Kier alpha value is -2.09. The second kappa shape index (κ2) is 7.21. The number of halogens is 4. The summed E-state index contributed by atoms with van der Waals surface area (Å²) in [6.07, 6.45) is -0.984. The van der Waals surface area contributed by atoms with Crippen LogP contribution in [-0.4, -0.2) is 23.4 Å². The van der Waals surface area contributed by atoms with Gasteiger partial charge in [-0.25, -0.2) is 9.97 Å². The molecule has 1 aromatic carbocycles. The number of hydrogen-bond acceptors (Lipinski definition) is 4. The lowest BCUT2D eigenvalue weighted by Gasteiger charge is -2.18. The van der Waals surface area contributed by atoms with Crippen LogP contribution in [0.3, 0.4) is 0 Å². The fraction of sp³-hybridized carbons (Fsp3) is 0.250. The highest BCUT2D eigenvalue weighted by Crippen LogP contribution is 2.31. The molecule has 0 unspecified atom stereocenters. The highest BCUT2D eigenvalue weighted by atomic mass is 79.9. The molecular formula is C16H15BrF3N3O. The molecule has 0 aliphatic carbocycles. The van der Waals surface area contributed by atoms with Crippen molar-refractivity contribution < 1.29 is 17.9 Å². The molecular weight excluding hydrogens is 387 g/mol. The minimum Gasteiger partial charge on any atom is -0.406 e. The van der Waals surface area contributed by atoms with E-state index in [0.717, 1.165) is 5.56 Å². The molecule has 128 valence electrons. The van der Waals surface area contributed by atoms with Crippen molar-refractivity contribution in [1.29, 1.82) is 0 Å². The fourth-order valence-corrected chi connectivity index (χ4v) is 2.56. The molecule has 0 saturated heterocycles. The van der Waals surface area contributed by atoms with Gasteiger partial charge in [0.15, 0.2) is 4.73 Å². The Kier molecular flexibility index (Phi) is 5.48. The summed E-state index contributed by atoms with van der Waals surface area (Å²) in [5, 5.41) is 0. The standard InChI is InChI=1S/C16H15BrF3N3O/c1-4-9-23(3)14-10(2)13(21-15(17)22-14)11-5-7-12(8-6-11)24-16(18,19)20/h4-9H,1-3H3/b9-4+. The van der Waals surface area contributed by atoms with Gasteiger partial charge in [-0.3, -0.25) is 0 Å². The first-order valence-electron chi connectivity index (χ1n) is 6.97. The third-order valence-corrected chi connectivity index (χ3v) is 3.52. The normalized spacial score (nSPS) is 11.8. The Morgan fingerprint density at radius 3 is 2.33 bits per heavy atom. The third-order valence-electron chi connectivity index (χ3n) is 3.16. The van der Waals surface area contributed by atoms with E-state index in [4.69, 9.17) is 0 Å². The number of nitrogens with zero attached hydrogens (tertiary/aromatic N) is 3. The summed E-state index contributed by atoms with van der Waals surface area (Å²) in [5.41, 5.74) is 2.10. The number of benzene rings is 1. The lowest BCUT2D eigenvalue weighted by Crippen LogP contribution is -2.17. The number of ether oxygens (including phenoxy) is 1. The Morgan fingerprint density at radius 1 is 1.17 bits per heavy atom. The highest BCUT2D eigenvalue weighted by molar-refractivity contribution is 9.10. The first-order valence-corrected chi connectivity index (χ1v) is 7.76. The van der Waals surface area contributed by atoms with Gasteiger partial charge in [0.05, 0.1) is 5.69 Å². The molecule has 24 heavy (non-hydrogen) atoms. The summed E-state index contributed by atoms with van der Waals surface area (Å²) in [4.78, 5) is 10.5. The molecule has 0 radical (unpaired) electrons. The monoisotopic (exact) mass is 401 g/mol. The van der Waals surface area contributed by atoms with Crippen LogP contribution in [0.2, 0.25) is 0 Å². The summed E-state index contributed by atoms with van der Waals surface area (Å²) in [5.74, 6) is 0.420. The predicted octanol–water partition coefficient (Wildman–Crippen LogP) is 5.08. The molecule has 0 fully saturated rings. The molecule has 8 heteroatoms. The molecule has 0 N–H and O–H groups in total. The molecule has 0 bridgehead atoms. The lowest BCUT2D eigenvalue weighted by atomic mass is 10.1. The van der Waals surface area contributed by atoms with Gasteiger partial charge < -0.3 is 9.64 Å². The van der Waals surface area contributed by atoms with Gasteiger partial charge in [-0.2, -0.15) is 0 Å². The van der Waals surface area contributed by atoms with E-state index in [0.29, 0.717) is 21.8 Å². The van der Waals surface area contributed by atoms with Crippen LogP contribution in [0.15, 0.2) is 41.3 Å². The Bertz CT molecular complexity index is 745. The topological polar surface area (TPSA) is 38.2 Å². The number of allylic oxidation sites excluding steroid dienone is 1. The molecule has 0 saturated carbocycles. The van der Waals surface area contributed by atoms with Gasteiger partial charge in [-0.15, -0.1) is 13.2 Å². The van der Waals surface area contributed by atoms with E-state index in [-0.39, 0.29) is 5.75 Å². The third kappa shape index (κ3) is 4.47. The zero-order valence-corrected chi connectivity index (χ0v) is 14.8. The summed E-state index contributed by atoms with van der Waals surface area (Å²) in [6, 6.07) is 5.58. The van der Waals surface area contributed by atoms with Crippen LogP contribution in [0.5, 0.6) is 5.75 Å². The Morgan fingerprint density at radius 2 is 1.79 bits per heavy atom. The summed E-state index contributed by atoms with van der Waals surface area (Å²) < 4.78 is 41.0. The van der Waals surface area contributed by atoms with E-state index in [1.807, 2.05) is 38.1 Å². The lowest BCUT2D eigenvalue weighted by molar-refractivity contribution is -0.274. The van der Waals surface area contributed by atoms with Gasteiger partial charge >= 0.3 is 6.36 Å². The number of rotatable bonds is 4. The predicted molar refractivity (Wildman–Crippen MR) is 89.8 cm³/mol. The molecule has 4 nitrogen and oxygen atoms in total. The molecule has 0 aliphatic heterocycles. The van der Waals surface area contributed by atoms with E-state index in [9.17, 15) is 13.2 Å². The molecule has 1 heterocycles. The van der Waals surface area contributed by atoms with Crippen molar-refractivity contribution in [3.05, 3.63) is 46.8 Å². The Balaban J connectivity index is 2.42. The number of anilines is 1. The van der Waals surface area contributed by atoms with Crippen molar-refractivity contribution >= 4 is 21.7 Å². The largest absolute Gasteiger partial charge is 0.573 e. The van der Waals surface area contributed by atoms with Crippen molar-refractivity contribution in [1.82, 2.24) is 9.97 Å². The van der Waals surface area contributed by atoms with E-state index in [1.54, 1.807) is 0 Å². The minimum absolute atomic E-state index is 0.275. The summed E-state index contributed by atoms with van der Waals surface area (Å²) in [6.45, 7) is 3.75. The van der Waals surface area contributed by atoms with Crippen molar-refractivity contribution in [2.45, 2.75) is 20.2 Å². The SMILES string of the molecule is C/C=C/N(C)c1nc(Br)nc(-c2ccc(OC(F)(F)F)cc2)c1C.